The van der Waals surface area contributed by atoms with Crippen LogP contribution in [0.5, 0.6) is 5.75 Å². The molecule has 2 aromatic rings. The van der Waals surface area contributed by atoms with Gasteiger partial charge in [-0.1, -0.05) is 24.3 Å². The van der Waals surface area contributed by atoms with Gasteiger partial charge >= 0.3 is 0 Å². The van der Waals surface area contributed by atoms with Crippen molar-refractivity contribution in [1.29, 1.82) is 0 Å². The van der Waals surface area contributed by atoms with E-state index in [2.05, 4.69) is 32.3 Å². The first-order chi connectivity index (χ1) is 11.2. The lowest BCUT2D eigenvalue weighted by Crippen LogP contribution is -2.39. The van der Waals surface area contributed by atoms with Crippen LogP contribution in [0.1, 0.15) is 11.1 Å². The van der Waals surface area contributed by atoms with Crippen LogP contribution in [0.25, 0.3) is 0 Å². The van der Waals surface area contributed by atoms with Crippen LogP contribution in [-0.4, -0.2) is 43.6 Å². The Bertz CT molecular complexity index is 628. The summed E-state index contributed by atoms with van der Waals surface area (Å²) in [5.41, 5.74) is 2.34. The number of aliphatic imine (C=N–C) groups is 1. The van der Waals surface area contributed by atoms with Crippen LogP contribution in [0.4, 0.5) is 0 Å². The Hall–Kier alpha value is -2.56. The second-order valence-corrected chi connectivity index (χ2v) is 5.25. The van der Waals surface area contributed by atoms with E-state index in [4.69, 9.17) is 4.74 Å². The normalized spacial score (nSPS) is 11.2. The van der Waals surface area contributed by atoms with Crippen molar-refractivity contribution in [2.24, 2.45) is 4.99 Å². The van der Waals surface area contributed by atoms with Crippen molar-refractivity contribution < 1.29 is 4.74 Å². The van der Waals surface area contributed by atoms with Crippen LogP contribution in [0.15, 0.2) is 53.8 Å². The van der Waals surface area contributed by atoms with Gasteiger partial charge in [0.1, 0.15) is 5.75 Å². The summed E-state index contributed by atoms with van der Waals surface area (Å²) in [7, 11) is 5.51. The second-order valence-electron chi connectivity index (χ2n) is 5.25. The van der Waals surface area contributed by atoms with E-state index in [9.17, 15) is 0 Å². The summed E-state index contributed by atoms with van der Waals surface area (Å²) in [5, 5.41) is 3.38. The van der Waals surface area contributed by atoms with E-state index in [0.29, 0.717) is 0 Å². The Morgan fingerprint density at radius 1 is 1.26 bits per heavy atom. The molecule has 122 valence electrons. The lowest BCUT2D eigenvalue weighted by atomic mass is 10.2. The number of para-hydroxylation sites is 1. The molecule has 0 bridgehead atoms. The van der Waals surface area contributed by atoms with Crippen molar-refractivity contribution in [3.8, 4) is 5.75 Å². The molecule has 2 rings (SSSR count). The number of pyridine rings is 1. The van der Waals surface area contributed by atoms with Crippen LogP contribution >= 0.6 is 0 Å². The van der Waals surface area contributed by atoms with Crippen molar-refractivity contribution >= 4 is 5.96 Å². The first kappa shape index (κ1) is 16.8. The Balaban J connectivity index is 1.90. The zero-order valence-corrected chi connectivity index (χ0v) is 14.0. The minimum atomic E-state index is 0.733. The van der Waals surface area contributed by atoms with Crippen LogP contribution in [0, 0.1) is 0 Å². The molecule has 0 aliphatic carbocycles. The van der Waals surface area contributed by atoms with Gasteiger partial charge in [0.15, 0.2) is 5.96 Å². The average molecular weight is 312 g/mol. The minimum absolute atomic E-state index is 0.733. The maximum atomic E-state index is 5.40. The van der Waals surface area contributed by atoms with Gasteiger partial charge in [-0.15, -0.1) is 0 Å². The molecule has 0 spiro atoms. The highest BCUT2D eigenvalue weighted by Gasteiger charge is 2.09. The van der Waals surface area contributed by atoms with E-state index in [1.807, 2.05) is 37.5 Å². The molecule has 0 unspecified atom stereocenters. The summed E-state index contributed by atoms with van der Waals surface area (Å²) in [6.45, 7) is 1.55. The summed E-state index contributed by atoms with van der Waals surface area (Å²) in [4.78, 5) is 10.6. The van der Waals surface area contributed by atoms with Crippen LogP contribution in [-0.2, 0) is 13.0 Å². The molecule has 0 fully saturated rings. The topological polar surface area (TPSA) is 49.8 Å². The number of guanidine groups is 1. The van der Waals surface area contributed by atoms with E-state index in [-0.39, 0.29) is 0 Å². The molecule has 5 nitrogen and oxygen atoms in total. The van der Waals surface area contributed by atoms with Gasteiger partial charge in [-0.3, -0.25) is 9.98 Å². The molecule has 0 radical (unpaired) electrons. The number of nitrogens with zero attached hydrogens (tertiary/aromatic N) is 3. The third-order valence-electron chi connectivity index (χ3n) is 3.59. The Kier molecular flexibility index (Phi) is 6.41. The quantitative estimate of drug-likeness (QED) is 0.657. The van der Waals surface area contributed by atoms with E-state index < -0.39 is 0 Å². The molecule has 0 saturated carbocycles. The highest BCUT2D eigenvalue weighted by Crippen LogP contribution is 2.18. The Morgan fingerprint density at radius 3 is 2.78 bits per heavy atom. The SMILES string of the molecule is CN=C(NCCc1cccnc1)N(C)Cc1ccccc1OC. The standard InChI is InChI=1S/C18H24N4O/c1-19-18(21-12-10-15-7-6-11-20-13-15)22(2)14-16-8-4-5-9-17(16)23-3/h4-9,11,13H,10,12,14H2,1-3H3,(H,19,21). The van der Waals surface area contributed by atoms with Gasteiger partial charge in [0.25, 0.3) is 0 Å². The van der Waals surface area contributed by atoms with Gasteiger partial charge in [0, 0.05) is 45.1 Å². The molecule has 1 heterocycles. The van der Waals surface area contributed by atoms with E-state index in [1.54, 1.807) is 20.4 Å². The average Bonchev–Trinajstić information content (AvgIpc) is 2.60. The lowest BCUT2D eigenvalue weighted by molar-refractivity contribution is 0.396. The fraction of sp³-hybridized carbons (Fsp3) is 0.333. The third-order valence-corrected chi connectivity index (χ3v) is 3.59. The molecule has 23 heavy (non-hydrogen) atoms. The largest absolute Gasteiger partial charge is 0.496 e. The Labute approximate surface area is 138 Å². The molecular weight excluding hydrogens is 288 g/mol. The first-order valence-corrected chi connectivity index (χ1v) is 7.67. The number of nitrogens with one attached hydrogen (secondary N) is 1. The molecule has 1 N–H and O–H groups in total. The monoisotopic (exact) mass is 312 g/mol. The zero-order chi connectivity index (χ0) is 16.5. The first-order valence-electron chi connectivity index (χ1n) is 7.67. The van der Waals surface area contributed by atoms with E-state index >= 15 is 0 Å². The summed E-state index contributed by atoms with van der Waals surface area (Å²) in [5.74, 6) is 1.75. The Morgan fingerprint density at radius 2 is 2.09 bits per heavy atom. The van der Waals surface area contributed by atoms with Gasteiger partial charge in [-0.2, -0.15) is 0 Å². The number of benzene rings is 1. The van der Waals surface area contributed by atoms with Crippen LogP contribution in [0.3, 0.4) is 0 Å². The number of rotatable bonds is 6. The highest BCUT2D eigenvalue weighted by molar-refractivity contribution is 5.79. The molecule has 0 aliphatic rings. The van der Waals surface area contributed by atoms with Crippen LogP contribution < -0.4 is 10.1 Å². The molecule has 0 amide bonds. The second kappa shape index (κ2) is 8.78. The molecule has 0 saturated heterocycles. The summed E-state index contributed by atoms with van der Waals surface area (Å²) in [6, 6.07) is 12.1. The molecule has 0 aliphatic heterocycles. The highest BCUT2D eigenvalue weighted by atomic mass is 16.5. The molecular formula is C18H24N4O. The molecule has 1 aromatic heterocycles. The number of hydrogen-bond donors (Lipinski definition) is 1. The van der Waals surface area contributed by atoms with Crippen molar-refractivity contribution in [3.05, 3.63) is 59.9 Å². The summed E-state index contributed by atoms with van der Waals surface area (Å²) >= 11 is 0. The van der Waals surface area contributed by atoms with Gasteiger partial charge in [0.2, 0.25) is 0 Å². The number of methoxy groups -OCH3 is 1. The predicted octanol–water partition coefficient (Wildman–Crippen LogP) is 2.34. The van der Waals surface area contributed by atoms with Gasteiger partial charge < -0.3 is 15.0 Å². The maximum Gasteiger partial charge on any atom is 0.193 e. The van der Waals surface area contributed by atoms with Crippen molar-refractivity contribution in [2.45, 2.75) is 13.0 Å². The van der Waals surface area contributed by atoms with E-state index in [0.717, 1.165) is 36.8 Å². The van der Waals surface area contributed by atoms with Gasteiger partial charge in [0.05, 0.1) is 7.11 Å². The number of hydrogen-bond acceptors (Lipinski definition) is 3. The molecule has 0 atom stereocenters. The number of aromatic nitrogens is 1. The fourth-order valence-electron chi connectivity index (χ4n) is 2.41. The van der Waals surface area contributed by atoms with Gasteiger partial charge in [-0.05, 0) is 24.1 Å². The fourth-order valence-corrected chi connectivity index (χ4v) is 2.41. The van der Waals surface area contributed by atoms with Gasteiger partial charge in [-0.25, -0.2) is 0 Å². The van der Waals surface area contributed by atoms with E-state index in [1.165, 1.54) is 5.56 Å². The predicted molar refractivity (Wildman–Crippen MR) is 93.8 cm³/mol. The van der Waals surface area contributed by atoms with Crippen molar-refractivity contribution in [2.75, 3.05) is 27.7 Å². The van der Waals surface area contributed by atoms with Crippen LogP contribution in [0.2, 0.25) is 0 Å². The number of ether oxygens (including phenoxy) is 1. The third kappa shape index (κ3) is 4.98. The summed E-state index contributed by atoms with van der Waals surface area (Å²) < 4.78 is 5.40. The zero-order valence-electron chi connectivity index (χ0n) is 14.0. The maximum absolute atomic E-state index is 5.40. The molecule has 5 heteroatoms. The minimum Gasteiger partial charge on any atom is -0.496 e. The van der Waals surface area contributed by atoms with Crippen molar-refractivity contribution in [1.82, 2.24) is 15.2 Å². The smallest absolute Gasteiger partial charge is 0.193 e. The molecule has 1 aromatic carbocycles. The van der Waals surface area contributed by atoms with Crippen molar-refractivity contribution in [3.63, 3.8) is 0 Å². The summed E-state index contributed by atoms with van der Waals surface area (Å²) in [6.07, 6.45) is 4.59. The lowest BCUT2D eigenvalue weighted by Gasteiger charge is -2.23.